The Labute approximate surface area is 120 Å². The van der Waals surface area contributed by atoms with E-state index in [-0.39, 0.29) is 5.41 Å². The second kappa shape index (κ2) is 5.24. The van der Waals surface area contributed by atoms with Gasteiger partial charge in [0.05, 0.1) is 18.4 Å². The molecule has 2 aliphatic rings. The summed E-state index contributed by atoms with van der Waals surface area (Å²) >= 11 is 0. The van der Waals surface area contributed by atoms with E-state index in [4.69, 9.17) is 9.47 Å². The van der Waals surface area contributed by atoms with Gasteiger partial charge in [-0.15, -0.1) is 0 Å². The van der Waals surface area contributed by atoms with Crippen LogP contribution in [0.5, 0.6) is 5.88 Å². The van der Waals surface area contributed by atoms with Crippen molar-refractivity contribution in [3.63, 3.8) is 0 Å². The second-order valence-corrected chi connectivity index (χ2v) is 6.33. The van der Waals surface area contributed by atoms with Gasteiger partial charge in [-0.1, -0.05) is 13.8 Å². The Morgan fingerprint density at radius 3 is 3.15 bits per heavy atom. The van der Waals surface area contributed by atoms with Crippen molar-refractivity contribution in [1.82, 2.24) is 4.98 Å². The lowest BCUT2D eigenvalue weighted by Crippen LogP contribution is -2.67. The van der Waals surface area contributed by atoms with Gasteiger partial charge < -0.3 is 14.8 Å². The van der Waals surface area contributed by atoms with E-state index in [9.17, 15) is 0 Å². The van der Waals surface area contributed by atoms with Gasteiger partial charge in [0, 0.05) is 30.2 Å². The van der Waals surface area contributed by atoms with Crippen LogP contribution in [0.15, 0.2) is 18.3 Å². The fourth-order valence-electron chi connectivity index (χ4n) is 3.74. The molecule has 1 N–H and O–H groups in total. The van der Waals surface area contributed by atoms with Gasteiger partial charge in [-0.3, -0.25) is 0 Å². The van der Waals surface area contributed by atoms with Crippen LogP contribution in [0, 0.1) is 11.3 Å². The number of anilines is 1. The zero-order valence-corrected chi connectivity index (χ0v) is 12.6. The number of pyridine rings is 1. The molecule has 1 saturated carbocycles. The topological polar surface area (TPSA) is 43.4 Å². The van der Waals surface area contributed by atoms with Crippen LogP contribution in [0.4, 0.5) is 5.69 Å². The summed E-state index contributed by atoms with van der Waals surface area (Å²) in [5, 5.41) is 3.65. The lowest BCUT2D eigenvalue weighted by molar-refractivity contribution is -0.177. The number of aromatic nitrogens is 1. The molecule has 1 aliphatic heterocycles. The van der Waals surface area contributed by atoms with E-state index in [0.29, 0.717) is 30.6 Å². The summed E-state index contributed by atoms with van der Waals surface area (Å²) in [7, 11) is 0. The molecule has 1 saturated heterocycles. The third kappa shape index (κ3) is 2.16. The molecule has 1 aromatic rings. The Balaban J connectivity index is 1.77. The molecule has 4 nitrogen and oxygen atoms in total. The molecule has 2 heterocycles. The van der Waals surface area contributed by atoms with Crippen LogP contribution in [-0.2, 0) is 4.74 Å². The fraction of sp³-hybridized carbons (Fsp3) is 0.688. The molecular weight excluding hydrogens is 252 g/mol. The van der Waals surface area contributed by atoms with E-state index in [0.717, 1.165) is 12.3 Å². The minimum Gasteiger partial charge on any atom is -0.476 e. The summed E-state index contributed by atoms with van der Waals surface area (Å²) < 4.78 is 11.6. The smallest absolute Gasteiger partial charge is 0.237 e. The number of ether oxygens (including phenoxy) is 2. The number of hydrogen-bond acceptors (Lipinski definition) is 4. The third-order valence-corrected chi connectivity index (χ3v) is 4.69. The van der Waals surface area contributed by atoms with Crippen molar-refractivity contribution in [3.8, 4) is 5.88 Å². The first-order valence-corrected chi connectivity index (χ1v) is 7.60. The van der Waals surface area contributed by atoms with Gasteiger partial charge in [-0.2, -0.15) is 0 Å². The van der Waals surface area contributed by atoms with Crippen LogP contribution >= 0.6 is 0 Å². The largest absolute Gasteiger partial charge is 0.476 e. The van der Waals surface area contributed by atoms with E-state index in [1.807, 2.05) is 19.1 Å². The number of nitrogens with one attached hydrogen (secondary N) is 1. The standard InChI is InChI=1S/C16H24N2O2/c1-4-19-15-12(8-5-9-17-15)18-13-11-7-6-10-20-14(11)16(13,2)3/h5,8-9,11,13-14,18H,4,6-7,10H2,1-3H3. The van der Waals surface area contributed by atoms with Crippen molar-refractivity contribution in [2.45, 2.75) is 45.8 Å². The quantitative estimate of drug-likeness (QED) is 0.917. The molecule has 3 rings (SSSR count). The van der Waals surface area contributed by atoms with Crippen molar-refractivity contribution in [3.05, 3.63) is 18.3 Å². The van der Waals surface area contributed by atoms with Crippen LogP contribution < -0.4 is 10.1 Å². The van der Waals surface area contributed by atoms with E-state index < -0.39 is 0 Å². The van der Waals surface area contributed by atoms with Gasteiger partial charge in [0.15, 0.2) is 0 Å². The molecule has 1 aliphatic carbocycles. The summed E-state index contributed by atoms with van der Waals surface area (Å²) in [6.45, 7) is 8.10. The minimum atomic E-state index is 0.157. The average molecular weight is 276 g/mol. The highest BCUT2D eigenvalue weighted by Gasteiger charge is 2.58. The van der Waals surface area contributed by atoms with Crippen molar-refractivity contribution in [2.75, 3.05) is 18.5 Å². The molecule has 4 heteroatoms. The van der Waals surface area contributed by atoms with Gasteiger partial charge in [0.1, 0.15) is 0 Å². The Morgan fingerprint density at radius 2 is 2.35 bits per heavy atom. The minimum absolute atomic E-state index is 0.157. The van der Waals surface area contributed by atoms with Crippen LogP contribution in [0.3, 0.4) is 0 Å². The Bertz CT molecular complexity index is 475. The maximum Gasteiger partial charge on any atom is 0.237 e. The first-order chi connectivity index (χ1) is 9.64. The highest BCUT2D eigenvalue weighted by Crippen LogP contribution is 2.52. The van der Waals surface area contributed by atoms with E-state index >= 15 is 0 Å². The number of fused-ring (bicyclic) bond motifs is 1. The molecule has 0 aromatic carbocycles. The molecule has 0 bridgehead atoms. The maximum atomic E-state index is 5.95. The molecule has 2 fully saturated rings. The molecule has 3 atom stereocenters. The summed E-state index contributed by atoms with van der Waals surface area (Å²) in [5.74, 6) is 1.31. The molecule has 0 amide bonds. The SMILES string of the molecule is CCOc1ncccc1NC1C2CCCOC2C1(C)C. The molecular formula is C16H24N2O2. The second-order valence-electron chi connectivity index (χ2n) is 6.33. The van der Waals surface area contributed by atoms with Gasteiger partial charge in [0.2, 0.25) is 5.88 Å². The first-order valence-electron chi connectivity index (χ1n) is 7.60. The predicted molar refractivity (Wildman–Crippen MR) is 79.1 cm³/mol. The van der Waals surface area contributed by atoms with Gasteiger partial charge >= 0.3 is 0 Å². The van der Waals surface area contributed by atoms with E-state index in [1.54, 1.807) is 6.20 Å². The van der Waals surface area contributed by atoms with Gasteiger partial charge in [0.25, 0.3) is 0 Å². The average Bonchev–Trinajstić information content (AvgIpc) is 2.46. The third-order valence-electron chi connectivity index (χ3n) is 4.69. The maximum absolute atomic E-state index is 5.95. The molecule has 20 heavy (non-hydrogen) atoms. The number of nitrogens with zero attached hydrogens (tertiary/aromatic N) is 1. The lowest BCUT2D eigenvalue weighted by atomic mass is 9.55. The number of rotatable bonds is 4. The normalized spacial score (nSPS) is 31.1. The highest BCUT2D eigenvalue weighted by molar-refractivity contribution is 5.54. The van der Waals surface area contributed by atoms with E-state index in [2.05, 4.69) is 24.1 Å². The lowest BCUT2D eigenvalue weighted by Gasteiger charge is -2.60. The molecule has 110 valence electrons. The zero-order valence-electron chi connectivity index (χ0n) is 12.6. The first kappa shape index (κ1) is 13.7. The predicted octanol–water partition coefficient (Wildman–Crippen LogP) is 3.10. The fourth-order valence-corrected chi connectivity index (χ4v) is 3.74. The van der Waals surface area contributed by atoms with Crippen LogP contribution in [0.25, 0.3) is 0 Å². The molecule has 3 unspecified atom stereocenters. The summed E-state index contributed by atoms with van der Waals surface area (Å²) in [4.78, 5) is 4.32. The summed E-state index contributed by atoms with van der Waals surface area (Å²) in [5.41, 5.74) is 1.15. The Kier molecular flexibility index (Phi) is 3.59. The van der Waals surface area contributed by atoms with Crippen molar-refractivity contribution in [1.29, 1.82) is 0 Å². The van der Waals surface area contributed by atoms with Crippen LogP contribution in [0.2, 0.25) is 0 Å². The molecule has 1 aromatic heterocycles. The van der Waals surface area contributed by atoms with Crippen LogP contribution in [-0.4, -0.2) is 30.3 Å². The van der Waals surface area contributed by atoms with Crippen molar-refractivity contribution in [2.24, 2.45) is 11.3 Å². The van der Waals surface area contributed by atoms with Crippen LogP contribution in [0.1, 0.15) is 33.6 Å². The summed E-state index contributed by atoms with van der Waals surface area (Å²) in [6.07, 6.45) is 4.58. The Hall–Kier alpha value is -1.29. The Morgan fingerprint density at radius 1 is 1.50 bits per heavy atom. The summed E-state index contributed by atoms with van der Waals surface area (Å²) in [6, 6.07) is 4.42. The molecule has 0 spiro atoms. The number of hydrogen-bond donors (Lipinski definition) is 1. The van der Waals surface area contributed by atoms with Crippen molar-refractivity contribution < 1.29 is 9.47 Å². The van der Waals surface area contributed by atoms with Gasteiger partial charge in [-0.05, 0) is 31.9 Å². The zero-order chi connectivity index (χ0) is 14.2. The monoisotopic (exact) mass is 276 g/mol. The molecule has 0 radical (unpaired) electrons. The highest BCUT2D eigenvalue weighted by atomic mass is 16.5. The van der Waals surface area contributed by atoms with Gasteiger partial charge in [-0.25, -0.2) is 4.98 Å². The van der Waals surface area contributed by atoms with Crippen molar-refractivity contribution >= 4 is 5.69 Å². The van der Waals surface area contributed by atoms with E-state index in [1.165, 1.54) is 12.8 Å².